The maximum atomic E-state index is 9.00. The van der Waals surface area contributed by atoms with Crippen molar-refractivity contribution in [1.29, 1.82) is 0 Å². The lowest BCUT2D eigenvalue weighted by molar-refractivity contribution is 0.0503. The molecule has 0 aromatic heterocycles. The van der Waals surface area contributed by atoms with Crippen LogP contribution >= 0.6 is 0 Å². The molecule has 0 amide bonds. The Hall–Kier alpha value is -0.600. The summed E-state index contributed by atoms with van der Waals surface area (Å²) in [5.74, 6) is 0.485. The van der Waals surface area contributed by atoms with Crippen LogP contribution in [0.4, 0.5) is 0 Å². The van der Waals surface area contributed by atoms with Crippen LogP contribution in [0.3, 0.4) is 0 Å². The van der Waals surface area contributed by atoms with Crippen LogP contribution < -0.4 is 21.3 Å². The molecule has 0 unspecified atom stereocenters. The number of aliphatic hydroxyl groups excluding tert-OH is 3. The zero-order valence-corrected chi connectivity index (χ0v) is 62.4. The Kier molecular flexibility index (Phi) is 75.5. The molecule has 4 rings (SSSR count). The van der Waals surface area contributed by atoms with Gasteiger partial charge in [0, 0.05) is 98.7 Å². The highest BCUT2D eigenvalue weighted by molar-refractivity contribution is 4.80. The molecular weight excluding hydrogens is 1020 g/mol. The van der Waals surface area contributed by atoms with Crippen LogP contribution in [0.2, 0.25) is 0 Å². The molecule has 0 aromatic carbocycles. The molecule has 4 aliphatic heterocycles. The first-order valence-electron chi connectivity index (χ1n) is 33.4. The number of hydrogen-bond acceptors (Lipinski definition) is 15. The smallest absolute Gasteiger partial charge is 0.0594 e. The Morgan fingerprint density at radius 3 is 0.963 bits per heavy atom. The number of aliphatic hydroxyl groups is 3. The van der Waals surface area contributed by atoms with Crippen molar-refractivity contribution in [3.63, 3.8) is 0 Å². The topological polar surface area (TPSA) is 141 Å². The number of nitrogens with zero attached hydrogens (tertiary/aromatic N) is 7. The van der Waals surface area contributed by atoms with Gasteiger partial charge in [0.05, 0.1) is 33.0 Å². The van der Waals surface area contributed by atoms with Crippen LogP contribution in [-0.2, 0) is 4.74 Å². The average Bonchev–Trinajstić information content (AvgIpc) is 3.92. The summed E-state index contributed by atoms with van der Waals surface area (Å²) in [5.41, 5.74) is 0.581. The molecule has 4 fully saturated rings. The summed E-state index contributed by atoms with van der Waals surface area (Å²) in [6.07, 6.45) is 7.46. The second-order valence-electron chi connectivity index (χ2n) is 26.0. The summed E-state index contributed by atoms with van der Waals surface area (Å²) in [7, 11) is 15.2. The van der Waals surface area contributed by atoms with Crippen LogP contribution in [0.1, 0.15) is 219 Å². The highest BCUT2D eigenvalue weighted by atomic mass is 16.5. The number of hydrogen-bond donors (Lipinski definition) is 7. The van der Waals surface area contributed by atoms with Crippen molar-refractivity contribution in [3.8, 4) is 0 Å². The summed E-state index contributed by atoms with van der Waals surface area (Å²) < 4.78 is 5.10. The van der Waals surface area contributed by atoms with Crippen molar-refractivity contribution < 1.29 is 20.1 Å². The van der Waals surface area contributed by atoms with Crippen molar-refractivity contribution >= 4 is 0 Å². The minimum Gasteiger partial charge on any atom is -0.395 e. The monoisotopic (exact) mass is 1180 g/mol. The van der Waals surface area contributed by atoms with E-state index >= 15 is 0 Å². The molecule has 82 heavy (non-hydrogen) atoms. The van der Waals surface area contributed by atoms with Crippen molar-refractivity contribution in [2.45, 2.75) is 265 Å². The van der Waals surface area contributed by atoms with Gasteiger partial charge in [-0.2, -0.15) is 0 Å². The number of likely N-dealkylation sites (tertiary alicyclic amines) is 2. The lowest BCUT2D eigenvalue weighted by Gasteiger charge is -2.32. The van der Waals surface area contributed by atoms with E-state index in [-0.39, 0.29) is 60.1 Å². The van der Waals surface area contributed by atoms with Crippen molar-refractivity contribution in [2.75, 3.05) is 174 Å². The maximum Gasteiger partial charge on any atom is 0.0594 e. The van der Waals surface area contributed by atoms with Gasteiger partial charge < -0.3 is 75.6 Å². The van der Waals surface area contributed by atoms with Gasteiger partial charge in [-0.3, -0.25) is 0 Å². The fraction of sp³-hybridized carbons (Fsp3) is 1.00. The first kappa shape index (κ1) is 97.7. The molecule has 4 aliphatic rings. The van der Waals surface area contributed by atoms with Crippen LogP contribution in [0.5, 0.6) is 0 Å². The average molecular weight is 1190 g/mol. The van der Waals surface area contributed by atoms with Gasteiger partial charge in [-0.1, -0.05) is 96.9 Å². The van der Waals surface area contributed by atoms with Gasteiger partial charge >= 0.3 is 0 Å². The number of nitrogens with one attached hydrogen (secondary N) is 4. The van der Waals surface area contributed by atoms with E-state index in [9.17, 15) is 0 Å². The zero-order chi connectivity index (χ0) is 66.1. The molecule has 15 heteroatoms. The normalized spacial score (nSPS) is 17.5. The number of piperidine rings is 1. The fourth-order valence-corrected chi connectivity index (χ4v) is 7.83. The van der Waals surface area contributed by atoms with Gasteiger partial charge in [0.25, 0.3) is 0 Å². The summed E-state index contributed by atoms with van der Waals surface area (Å²) in [5, 5.41) is 40.1. The van der Waals surface area contributed by atoms with Crippen LogP contribution in [-0.4, -0.2) is 270 Å². The molecule has 0 aliphatic carbocycles. The molecule has 3 atom stereocenters. The van der Waals surface area contributed by atoms with Crippen molar-refractivity contribution in [2.24, 2.45) is 5.92 Å². The predicted molar refractivity (Wildman–Crippen MR) is 372 cm³/mol. The van der Waals surface area contributed by atoms with Crippen molar-refractivity contribution in [3.05, 3.63) is 0 Å². The number of likely N-dealkylation sites (N-methyl/N-ethyl adjacent to an activating group) is 4. The number of ether oxygens (including phenoxy) is 1. The van der Waals surface area contributed by atoms with E-state index < -0.39 is 0 Å². The highest BCUT2D eigenvalue weighted by Crippen LogP contribution is 2.12. The Bertz CT molecular complexity index is 1120. The largest absolute Gasteiger partial charge is 0.395 e. The van der Waals surface area contributed by atoms with Gasteiger partial charge in [0.2, 0.25) is 0 Å². The molecule has 15 nitrogen and oxygen atoms in total. The molecule has 0 radical (unpaired) electrons. The van der Waals surface area contributed by atoms with E-state index in [1.165, 1.54) is 78.0 Å². The molecule has 7 N–H and O–H groups in total. The van der Waals surface area contributed by atoms with E-state index in [4.69, 9.17) is 20.1 Å². The Labute approximate surface area is 518 Å². The Morgan fingerprint density at radius 1 is 0.463 bits per heavy atom. The minimum absolute atomic E-state index is 0.0949. The standard InChI is InChI=1S/C10H24N2.C9H21NO.C8H18N2.2C8H19NO.C6H14N2.C5H11NO.C5H11N.4C2H6/c1-6-12(7-2)9-8-11-10(3,4)5;1-7(2)8(6-11)10-9(3,4)5;1-9(2)8-4-6-10(3)7-5-8;2*1-5-7(6-10)9-8(2,3)4;1-7-3-5-8(2)6-4-7;1-6-2-4-7-5-3-6;1-6-4-2-3-5-6;4*1-2/h11H,6-9H2,1-5H3;7-8,10-11H,6H2,1-5H3;8H,4-7H2,1-3H3;2*7,9-10H,5-6H2,1-4H3;3-6H2,1-2H3;2-5H2,1H3;2-5H2,1H3;4*1-2H3/t;8-;;2*7-;;;;;;;/m.0.10......./s1. The fourth-order valence-electron chi connectivity index (χ4n) is 7.83. The molecule has 0 aromatic rings. The summed E-state index contributed by atoms with van der Waals surface area (Å²) in [6.45, 7) is 73.7. The second-order valence-corrected chi connectivity index (χ2v) is 26.0. The number of piperazine rings is 1. The van der Waals surface area contributed by atoms with Crippen molar-refractivity contribution in [1.82, 2.24) is 55.6 Å². The SMILES string of the molecule is CC.CC.CC.CC.CC(C)[C@H](CO)NC(C)(C)C.CCN(CC)CCNC(C)(C)C.CC[C@@H](CO)NC(C)(C)C.CC[C@H](CO)NC(C)(C)C.CN1CCC(N(C)C)CC1.CN1CCCC1.CN1CCN(C)CC1.CN1CCOCC1. The van der Waals surface area contributed by atoms with E-state index in [1.807, 2.05) is 55.4 Å². The zero-order valence-electron chi connectivity index (χ0n) is 62.4. The molecule has 0 bridgehead atoms. The van der Waals surface area contributed by atoms with Gasteiger partial charge in [-0.05, 0) is 216 Å². The van der Waals surface area contributed by atoms with Crippen LogP contribution in [0, 0.1) is 5.92 Å². The molecule has 4 saturated heterocycles. The van der Waals surface area contributed by atoms with Gasteiger partial charge in [0.15, 0.2) is 0 Å². The van der Waals surface area contributed by atoms with E-state index in [0.717, 1.165) is 71.4 Å². The first-order chi connectivity index (χ1) is 38.1. The first-order valence-corrected chi connectivity index (χ1v) is 33.4. The molecule has 508 valence electrons. The quantitative estimate of drug-likeness (QED) is 0.0836. The lowest BCUT2D eigenvalue weighted by atomic mass is 10.0. The highest BCUT2D eigenvalue weighted by Gasteiger charge is 2.20. The second kappa shape index (κ2) is 63.4. The van der Waals surface area contributed by atoms with Crippen LogP contribution in [0.15, 0.2) is 0 Å². The van der Waals surface area contributed by atoms with Crippen LogP contribution in [0.25, 0.3) is 0 Å². The molecule has 0 saturated carbocycles. The third-order valence-corrected chi connectivity index (χ3v) is 13.0. The third-order valence-electron chi connectivity index (χ3n) is 13.0. The summed E-state index contributed by atoms with van der Waals surface area (Å²) >= 11 is 0. The maximum absolute atomic E-state index is 9.00. The van der Waals surface area contributed by atoms with Gasteiger partial charge in [-0.15, -0.1) is 0 Å². The number of morpholine rings is 1. The Morgan fingerprint density at radius 2 is 0.780 bits per heavy atom. The van der Waals surface area contributed by atoms with E-state index in [1.54, 1.807) is 0 Å². The lowest BCUT2D eigenvalue weighted by Crippen LogP contribution is -2.48. The Balaban J connectivity index is -0.000000125. The summed E-state index contributed by atoms with van der Waals surface area (Å²) in [6, 6.07) is 1.55. The van der Waals surface area contributed by atoms with Gasteiger partial charge in [-0.25, -0.2) is 0 Å². The molecule has 0 spiro atoms. The van der Waals surface area contributed by atoms with E-state index in [0.29, 0.717) is 5.92 Å². The predicted octanol–water partition coefficient (Wildman–Crippen LogP) is 10.7. The number of rotatable bonds is 15. The van der Waals surface area contributed by atoms with E-state index in [2.05, 4.69) is 230 Å². The molecule has 4 heterocycles. The minimum atomic E-state index is 0.0949. The molecular formula is C67H161N11O4. The third kappa shape index (κ3) is 79.4. The summed E-state index contributed by atoms with van der Waals surface area (Å²) in [4.78, 5) is 16.5. The van der Waals surface area contributed by atoms with Gasteiger partial charge in [0.1, 0.15) is 0 Å².